The van der Waals surface area contributed by atoms with Gasteiger partial charge >= 0.3 is 0 Å². The van der Waals surface area contributed by atoms with E-state index in [0.717, 1.165) is 24.0 Å². The van der Waals surface area contributed by atoms with Crippen LogP contribution in [0.3, 0.4) is 0 Å². The van der Waals surface area contributed by atoms with Crippen LogP contribution < -0.4 is 5.32 Å². The van der Waals surface area contributed by atoms with Crippen molar-refractivity contribution in [3.8, 4) is 0 Å². The SMILES string of the molecule is Cc1ccccc1CN(CCC(=O)NC1CC1)S(C)(=O)=O. The number of sulfonamides is 1. The van der Waals surface area contributed by atoms with E-state index >= 15 is 0 Å². The maximum absolute atomic E-state index is 11.9. The number of nitrogens with one attached hydrogen (secondary N) is 1. The number of carbonyl (C=O) groups is 1. The lowest BCUT2D eigenvalue weighted by Gasteiger charge is -2.20. The predicted molar refractivity (Wildman–Crippen MR) is 82.2 cm³/mol. The van der Waals surface area contributed by atoms with E-state index in [2.05, 4.69) is 5.32 Å². The number of aryl methyl sites for hydroxylation is 1. The zero-order chi connectivity index (χ0) is 15.5. The Kier molecular flexibility index (Phi) is 5.00. The van der Waals surface area contributed by atoms with E-state index in [1.165, 1.54) is 10.6 Å². The first-order chi connectivity index (χ1) is 9.86. The van der Waals surface area contributed by atoms with Crippen molar-refractivity contribution in [2.45, 2.75) is 38.8 Å². The van der Waals surface area contributed by atoms with Crippen molar-refractivity contribution in [1.29, 1.82) is 0 Å². The molecule has 0 heterocycles. The maximum atomic E-state index is 11.9. The van der Waals surface area contributed by atoms with Gasteiger partial charge in [-0.3, -0.25) is 4.79 Å². The van der Waals surface area contributed by atoms with Gasteiger partial charge < -0.3 is 5.32 Å². The number of amides is 1. The highest BCUT2D eigenvalue weighted by Gasteiger charge is 2.24. The van der Waals surface area contributed by atoms with Crippen molar-refractivity contribution in [3.05, 3.63) is 35.4 Å². The fourth-order valence-electron chi connectivity index (χ4n) is 2.09. The van der Waals surface area contributed by atoms with E-state index in [9.17, 15) is 13.2 Å². The smallest absolute Gasteiger partial charge is 0.221 e. The van der Waals surface area contributed by atoms with E-state index in [-0.39, 0.29) is 18.9 Å². The third kappa shape index (κ3) is 5.13. The van der Waals surface area contributed by atoms with Gasteiger partial charge in [-0.15, -0.1) is 0 Å². The number of hydrogen-bond acceptors (Lipinski definition) is 3. The molecule has 6 heteroatoms. The molecule has 1 N–H and O–H groups in total. The Balaban J connectivity index is 1.98. The third-order valence-corrected chi connectivity index (χ3v) is 4.86. The Morgan fingerprint density at radius 2 is 2.00 bits per heavy atom. The number of carbonyl (C=O) groups excluding carboxylic acids is 1. The topological polar surface area (TPSA) is 66.5 Å². The normalized spacial score (nSPS) is 15.2. The zero-order valence-electron chi connectivity index (χ0n) is 12.5. The van der Waals surface area contributed by atoms with Crippen LogP contribution in [0, 0.1) is 6.92 Å². The molecule has 1 aliphatic rings. The molecule has 1 amide bonds. The maximum Gasteiger partial charge on any atom is 0.221 e. The molecule has 2 rings (SSSR count). The highest BCUT2D eigenvalue weighted by molar-refractivity contribution is 7.88. The van der Waals surface area contributed by atoms with Gasteiger partial charge in [-0.1, -0.05) is 24.3 Å². The van der Waals surface area contributed by atoms with Crippen LogP contribution in [-0.4, -0.2) is 37.5 Å². The summed E-state index contributed by atoms with van der Waals surface area (Å²) in [6, 6.07) is 7.99. The van der Waals surface area contributed by atoms with E-state index in [1.54, 1.807) is 0 Å². The summed E-state index contributed by atoms with van der Waals surface area (Å²) in [4.78, 5) is 11.7. The first-order valence-corrected chi connectivity index (χ1v) is 9.00. The minimum absolute atomic E-state index is 0.0732. The van der Waals surface area contributed by atoms with Crippen molar-refractivity contribution >= 4 is 15.9 Å². The van der Waals surface area contributed by atoms with Crippen molar-refractivity contribution < 1.29 is 13.2 Å². The molecule has 1 aromatic rings. The molecule has 1 aliphatic carbocycles. The van der Waals surface area contributed by atoms with Crippen molar-refractivity contribution in [2.75, 3.05) is 12.8 Å². The number of nitrogens with zero attached hydrogens (tertiary/aromatic N) is 1. The number of rotatable bonds is 7. The summed E-state index contributed by atoms with van der Waals surface area (Å²) in [5.41, 5.74) is 2.01. The van der Waals surface area contributed by atoms with Crippen LogP contribution in [0.5, 0.6) is 0 Å². The Morgan fingerprint density at radius 3 is 2.57 bits per heavy atom. The molecule has 21 heavy (non-hydrogen) atoms. The Labute approximate surface area is 126 Å². The molecule has 0 saturated heterocycles. The Morgan fingerprint density at radius 1 is 1.33 bits per heavy atom. The van der Waals surface area contributed by atoms with Crippen molar-refractivity contribution in [3.63, 3.8) is 0 Å². The first kappa shape index (κ1) is 16.0. The van der Waals surface area contributed by atoms with Gasteiger partial charge in [0.15, 0.2) is 0 Å². The summed E-state index contributed by atoms with van der Waals surface area (Å²) in [7, 11) is -3.34. The third-order valence-electron chi connectivity index (χ3n) is 3.61. The molecule has 0 radical (unpaired) electrons. The van der Waals surface area contributed by atoms with Crippen LogP contribution in [0.25, 0.3) is 0 Å². The van der Waals surface area contributed by atoms with Crippen molar-refractivity contribution in [1.82, 2.24) is 9.62 Å². The fourth-order valence-corrected chi connectivity index (χ4v) is 2.89. The second-order valence-electron chi connectivity index (χ2n) is 5.61. The van der Waals surface area contributed by atoms with Gasteiger partial charge in [-0.25, -0.2) is 8.42 Å². The second kappa shape index (κ2) is 6.58. The van der Waals surface area contributed by atoms with Crippen LogP contribution in [0.15, 0.2) is 24.3 Å². The molecular weight excluding hydrogens is 288 g/mol. The van der Waals surface area contributed by atoms with Crippen LogP contribution >= 0.6 is 0 Å². The lowest BCUT2D eigenvalue weighted by atomic mass is 10.1. The molecule has 0 aromatic heterocycles. The highest BCUT2D eigenvalue weighted by atomic mass is 32.2. The minimum atomic E-state index is -3.34. The molecular formula is C15H22N2O3S. The average molecular weight is 310 g/mol. The summed E-state index contributed by atoms with van der Waals surface area (Å²) in [6.07, 6.45) is 3.45. The number of benzene rings is 1. The van der Waals surface area contributed by atoms with E-state index in [1.807, 2.05) is 31.2 Å². The standard InChI is InChI=1S/C15H22N2O3S/c1-12-5-3-4-6-13(12)11-17(21(2,19)20)10-9-15(18)16-14-7-8-14/h3-6,14H,7-11H2,1-2H3,(H,16,18). The van der Waals surface area contributed by atoms with Crippen LogP contribution in [-0.2, 0) is 21.4 Å². The van der Waals surface area contributed by atoms with Gasteiger partial charge in [0, 0.05) is 25.6 Å². The molecule has 1 aromatic carbocycles. The molecule has 0 aliphatic heterocycles. The van der Waals surface area contributed by atoms with E-state index in [4.69, 9.17) is 0 Å². The Hall–Kier alpha value is -1.40. The molecule has 1 saturated carbocycles. The quantitative estimate of drug-likeness (QED) is 0.828. The second-order valence-corrected chi connectivity index (χ2v) is 7.60. The Bertz CT molecular complexity index is 609. The van der Waals surface area contributed by atoms with E-state index in [0.29, 0.717) is 12.6 Å². The largest absolute Gasteiger partial charge is 0.353 e. The lowest BCUT2D eigenvalue weighted by molar-refractivity contribution is -0.121. The van der Waals surface area contributed by atoms with Crippen molar-refractivity contribution in [2.24, 2.45) is 0 Å². The summed E-state index contributed by atoms with van der Waals surface area (Å²) < 4.78 is 25.1. The van der Waals surface area contributed by atoms with Gasteiger partial charge in [0.2, 0.25) is 15.9 Å². The molecule has 1 fully saturated rings. The highest BCUT2D eigenvalue weighted by Crippen LogP contribution is 2.19. The molecule has 0 bridgehead atoms. The zero-order valence-corrected chi connectivity index (χ0v) is 13.3. The monoisotopic (exact) mass is 310 g/mol. The van der Waals surface area contributed by atoms with Gasteiger partial charge in [0.25, 0.3) is 0 Å². The number of hydrogen-bond donors (Lipinski definition) is 1. The molecule has 0 atom stereocenters. The average Bonchev–Trinajstić information content (AvgIpc) is 3.19. The predicted octanol–water partition coefficient (Wildman–Crippen LogP) is 1.43. The van der Waals surface area contributed by atoms with Gasteiger partial charge in [0.1, 0.15) is 0 Å². The van der Waals surface area contributed by atoms with Crippen LogP contribution in [0.4, 0.5) is 0 Å². The summed E-state index contributed by atoms with van der Waals surface area (Å²) >= 11 is 0. The molecule has 0 spiro atoms. The molecule has 5 nitrogen and oxygen atoms in total. The minimum Gasteiger partial charge on any atom is -0.353 e. The fraction of sp³-hybridized carbons (Fsp3) is 0.533. The van der Waals surface area contributed by atoms with E-state index < -0.39 is 10.0 Å². The summed E-state index contributed by atoms with van der Waals surface area (Å²) in [5, 5.41) is 2.88. The first-order valence-electron chi connectivity index (χ1n) is 7.15. The van der Waals surface area contributed by atoms with Crippen LogP contribution in [0.1, 0.15) is 30.4 Å². The lowest BCUT2D eigenvalue weighted by Crippen LogP contribution is -2.35. The summed E-state index contributed by atoms with van der Waals surface area (Å²) in [5.74, 6) is -0.0732. The van der Waals surface area contributed by atoms with Crippen LogP contribution in [0.2, 0.25) is 0 Å². The molecule has 0 unspecified atom stereocenters. The summed E-state index contributed by atoms with van der Waals surface area (Å²) in [6.45, 7) is 2.48. The van der Waals surface area contributed by atoms with Gasteiger partial charge in [-0.05, 0) is 30.9 Å². The van der Waals surface area contributed by atoms with Gasteiger partial charge in [0.05, 0.1) is 6.26 Å². The molecule has 116 valence electrons. The van der Waals surface area contributed by atoms with Gasteiger partial charge in [-0.2, -0.15) is 4.31 Å².